The van der Waals surface area contributed by atoms with E-state index < -0.39 is 48.0 Å². The second kappa shape index (κ2) is 21.6. The predicted octanol–water partition coefficient (Wildman–Crippen LogP) is 4.39. The Hall–Kier alpha value is -3.68. The molecule has 0 radical (unpaired) electrons. The van der Waals surface area contributed by atoms with Crippen molar-refractivity contribution in [3.8, 4) is 0 Å². The number of carboxylic acid groups (broad SMARTS) is 1. The summed E-state index contributed by atoms with van der Waals surface area (Å²) in [6.07, 6.45) is -1.12. The zero-order valence-corrected chi connectivity index (χ0v) is 35.2. The van der Waals surface area contributed by atoms with E-state index in [4.69, 9.17) is 15.2 Å². The lowest BCUT2D eigenvalue weighted by Gasteiger charge is -2.41. The van der Waals surface area contributed by atoms with Crippen LogP contribution in [0.1, 0.15) is 86.1 Å². The molecule has 310 valence electrons. The highest BCUT2D eigenvalue weighted by atomic mass is 16.5. The maximum absolute atomic E-state index is 14.3. The molecular weight excluding hydrogens is 704 g/mol. The third-order valence-electron chi connectivity index (χ3n) is 11.6. The maximum Gasteiger partial charge on any atom is 0.307 e. The normalized spacial score (nSPS) is 19.1. The number of rotatable bonds is 23. The summed E-state index contributed by atoms with van der Waals surface area (Å²) in [5.41, 5.74) is 7.05. The van der Waals surface area contributed by atoms with Crippen molar-refractivity contribution >= 4 is 40.8 Å². The lowest BCUT2D eigenvalue weighted by atomic mass is 9.83. The second-order valence-electron chi connectivity index (χ2n) is 16.4. The van der Waals surface area contributed by atoms with Crippen LogP contribution in [0.5, 0.6) is 0 Å². The third-order valence-corrected chi connectivity index (χ3v) is 11.6. The molecule has 0 bridgehead atoms. The van der Waals surface area contributed by atoms with E-state index >= 15 is 0 Å². The minimum Gasteiger partial charge on any atom is -0.481 e. The van der Waals surface area contributed by atoms with Gasteiger partial charge in [-0.1, -0.05) is 67.0 Å². The van der Waals surface area contributed by atoms with Gasteiger partial charge in [0.05, 0.1) is 49.2 Å². The number of carboxylic acids is 1. The Labute approximate surface area is 328 Å². The summed E-state index contributed by atoms with van der Waals surface area (Å²) in [5, 5.41) is 9.96. The van der Waals surface area contributed by atoms with Crippen molar-refractivity contribution in [3.05, 3.63) is 29.8 Å². The quantitative estimate of drug-likeness (QED) is 0.151. The molecular formula is C42H68N4O9. The number of likely N-dealkylation sites (tertiary alicyclic amines) is 1. The number of ether oxygens (including phenoxy) is 2. The second-order valence-corrected chi connectivity index (χ2v) is 16.4. The molecule has 13 nitrogen and oxygen atoms in total. The van der Waals surface area contributed by atoms with E-state index in [0.717, 1.165) is 5.56 Å². The number of Topliss-reactive ketones (excluding diaryl/α,β-unsaturated/α-hetero) is 3. The van der Waals surface area contributed by atoms with Crippen molar-refractivity contribution in [3.63, 3.8) is 0 Å². The molecule has 0 unspecified atom stereocenters. The summed E-state index contributed by atoms with van der Waals surface area (Å²) < 4.78 is 11.8. The molecule has 55 heavy (non-hydrogen) atoms. The van der Waals surface area contributed by atoms with E-state index in [-0.39, 0.29) is 91.6 Å². The number of nitrogen functional groups attached to an aromatic ring is 1. The zero-order valence-electron chi connectivity index (χ0n) is 35.2. The summed E-state index contributed by atoms with van der Waals surface area (Å²) >= 11 is 0. The first-order chi connectivity index (χ1) is 25.7. The molecule has 0 aliphatic carbocycles. The van der Waals surface area contributed by atoms with Crippen molar-refractivity contribution in [2.45, 2.75) is 117 Å². The van der Waals surface area contributed by atoms with Gasteiger partial charge in [-0.3, -0.25) is 33.7 Å². The summed E-state index contributed by atoms with van der Waals surface area (Å²) in [5.74, 6) is -4.74. The van der Waals surface area contributed by atoms with Gasteiger partial charge in [0.2, 0.25) is 11.8 Å². The van der Waals surface area contributed by atoms with Gasteiger partial charge < -0.3 is 30.1 Å². The molecule has 0 spiro atoms. The van der Waals surface area contributed by atoms with Gasteiger partial charge in [-0.15, -0.1) is 0 Å². The fourth-order valence-electron chi connectivity index (χ4n) is 8.26. The van der Waals surface area contributed by atoms with Crippen LogP contribution in [0.25, 0.3) is 0 Å². The predicted molar refractivity (Wildman–Crippen MR) is 212 cm³/mol. The van der Waals surface area contributed by atoms with Gasteiger partial charge in [-0.05, 0) is 56.0 Å². The molecule has 1 aromatic rings. The molecule has 2 amide bonds. The highest BCUT2D eigenvalue weighted by molar-refractivity contribution is 5.92. The number of ketones is 3. The topological polar surface area (TPSA) is 177 Å². The zero-order chi connectivity index (χ0) is 41.9. The minimum absolute atomic E-state index is 0.00411. The summed E-state index contributed by atoms with van der Waals surface area (Å²) in [7, 11) is 8.35. The lowest BCUT2D eigenvalue weighted by Crippen LogP contribution is -2.54. The lowest BCUT2D eigenvalue weighted by molar-refractivity contribution is -0.149. The molecule has 0 saturated carbocycles. The Kier molecular flexibility index (Phi) is 18.6. The van der Waals surface area contributed by atoms with Gasteiger partial charge in [-0.2, -0.15) is 0 Å². The first kappa shape index (κ1) is 47.5. The van der Waals surface area contributed by atoms with Gasteiger partial charge in [0, 0.05) is 58.1 Å². The number of hydrogen-bond acceptors (Lipinski definition) is 10. The van der Waals surface area contributed by atoms with Gasteiger partial charge >= 0.3 is 5.97 Å². The Balaban J connectivity index is 2.32. The van der Waals surface area contributed by atoms with E-state index in [2.05, 4.69) is 0 Å². The van der Waals surface area contributed by atoms with Crippen molar-refractivity contribution in [1.29, 1.82) is 0 Å². The Morgan fingerprint density at radius 2 is 1.49 bits per heavy atom. The molecule has 9 atom stereocenters. The van der Waals surface area contributed by atoms with Crippen LogP contribution < -0.4 is 5.73 Å². The number of methoxy groups -OCH3 is 2. The van der Waals surface area contributed by atoms with Gasteiger partial charge in [-0.25, -0.2) is 0 Å². The third kappa shape index (κ3) is 12.7. The first-order valence-electron chi connectivity index (χ1n) is 19.6. The van der Waals surface area contributed by atoms with Crippen LogP contribution >= 0.6 is 0 Å². The Bertz CT molecular complexity index is 1450. The van der Waals surface area contributed by atoms with Gasteiger partial charge in [0.15, 0.2) is 11.6 Å². The van der Waals surface area contributed by atoms with E-state index in [1.807, 2.05) is 60.5 Å². The maximum atomic E-state index is 14.3. The summed E-state index contributed by atoms with van der Waals surface area (Å²) in [6, 6.07) is 5.21. The van der Waals surface area contributed by atoms with Crippen LogP contribution in [0, 0.1) is 35.5 Å². The first-order valence-corrected chi connectivity index (χ1v) is 19.6. The Morgan fingerprint density at radius 3 is 1.96 bits per heavy atom. The number of carbonyl (C=O) groups is 6. The van der Waals surface area contributed by atoms with Gasteiger partial charge in [0.25, 0.3) is 0 Å². The molecule has 1 heterocycles. The largest absolute Gasteiger partial charge is 0.481 e. The van der Waals surface area contributed by atoms with Crippen molar-refractivity contribution < 1.29 is 43.3 Å². The molecule has 13 heteroatoms. The molecule has 1 fully saturated rings. The molecule has 1 aliphatic rings. The van der Waals surface area contributed by atoms with Gasteiger partial charge in [0.1, 0.15) is 5.78 Å². The van der Waals surface area contributed by atoms with E-state index in [1.54, 1.807) is 43.1 Å². The number of likely N-dealkylation sites (N-methyl/N-ethyl adjacent to an activating group) is 2. The Morgan fingerprint density at radius 1 is 0.891 bits per heavy atom. The SMILES string of the molecule is CC[C@H](C)[C@@H]([C@@H](CC(=O)N1CC(=O)C[C@H]1[C@H](OC)[C@@H](C)C(=O)C[C@@H](Cc1ccc(N)cc1)C(=O)O)OC)N(C)C(=O)[C@@H](CC(=O)[C@H](C(C)C)N(C)C)C(C)C. The smallest absolute Gasteiger partial charge is 0.307 e. The average molecular weight is 773 g/mol. The number of nitrogens with zero attached hydrogens (tertiary/aromatic N) is 3. The molecule has 1 aliphatic heterocycles. The van der Waals surface area contributed by atoms with Crippen molar-refractivity contribution in [1.82, 2.24) is 14.7 Å². The van der Waals surface area contributed by atoms with Crippen LogP contribution in [-0.4, -0.2) is 127 Å². The molecule has 1 saturated heterocycles. The molecule has 3 N–H and O–H groups in total. The fraction of sp³-hybridized carbons (Fsp3) is 0.714. The number of amides is 2. The van der Waals surface area contributed by atoms with Crippen LogP contribution in [0.2, 0.25) is 0 Å². The molecule has 0 aromatic heterocycles. The number of carbonyl (C=O) groups excluding carboxylic acids is 5. The fourth-order valence-corrected chi connectivity index (χ4v) is 8.26. The van der Waals surface area contributed by atoms with E-state index in [1.165, 1.54) is 19.1 Å². The highest BCUT2D eigenvalue weighted by Crippen LogP contribution is 2.31. The monoisotopic (exact) mass is 772 g/mol. The number of benzene rings is 1. The standard InChI is InChI=1S/C42H68N4O9/c1-13-26(6)39(45(10)41(51)32(24(2)3)21-35(49)38(25(4)5)44(8)9)36(54-11)22-37(50)46-23-31(47)20-33(46)40(55-12)27(7)34(48)19-29(42(52)53)18-28-14-16-30(43)17-15-28/h14-17,24-27,29,32-33,36,38-40H,13,18-23,43H2,1-12H3,(H,52,53)/t26-,27-,29+,32-,33-,36+,38-,39-,40+/m0/s1. The van der Waals surface area contributed by atoms with E-state index in [9.17, 15) is 33.9 Å². The van der Waals surface area contributed by atoms with E-state index in [0.29, 0.717) is 12.1 Å². The molecule has 1 aromatic carbocycles. The van der Waals surface area contributed by atoms with Crippen LogP contribution in [-0.2, 0) is 44.7 Å². The average Bonchev–Trinajstić information content (AvgIpc) is 3.50. The number of nitrogens with two attached hydrogens (primary N) is 1. The van der Waals surface area contributed by atoms with Crippen LogP contribution in [0.15, 0.2) is 24.3 Å². The number of hydrogen-bond donors (Lipinski definition) is 2. The molecule has 2 rings (SSSR count). The summed E-state index contributed by atoms with van der Waals surface area (Å²) in [6.45, 7) is 13.3. The van der Waals surface area contributed by atoms with Crippen LogP contribution in [0.3, 0.4) is 0 Å². The van der Waals surface area contributed by atoms with Crippen molar-refractivity contribution in [2.75, 3.05) is 47.6 Å². The van der Waals surface area contributed by atoms with Crippen LogP contribution in [0.4, 0.5) is 5.69 Å². The highest BCUT2D eigenvalue weighted by Gasteiger charge is 2.45. The number of aliphatic carboxylic acids is 1. The van der Waals surface area contributed by atoms with Crippen molar-refractivity contribution in [2.24, 2.45) is 35.5 Å². The number of anilines is 1. The summed E-state index contributed by atoms with van der Waals surface area (Å²) in [4.78, 5) is 85.7. The minimum atomic E-state index is -1.11.